The summed E-state index contributed by atoms with van der Waals surface area (Å²) in [6.07, 6.45) is -1.76. The van der Waals surface area contributed by atoms with Gasteiger partial charge in [-0.2, -0.15) is 13.2 Å². The second kappa shape index (κ2) is 10.3. The monoisotopic (exact) mass is 377 g/mol. The van der Waals surface area contributed by atoms with Gasteiger partial charge in [-0.05, 0) is 51.8 Å². The Bertz CT molecular complexity index is 566. The molecule has 0 aliphatic heterocycles. The normalized spacial score (nSPS) is 12.7. The number of carbonyl (C=O) groups is 1. The molecule has 0 radical (unpaired) electrons. The van der Waals surface area contributed by atoms with Crippen LogP contribution in [0.15, 0.2) is 18.2 Å². The minimum atomic E-state index is -4.37. The van der Waals surface area contributed by atoms with E-state index in [0.717, 1.165) is 31.4 Å². The molecule has 0 aromatic heterocycles. The van der Waals surface area contributed by atoms with Gasteiger partial charge >= 0.3 is 12.1 Å². The molecule has 26 heavy (non-hydrogen) atoms. The fourth-order valence-electron chi connectivity index (χ4n) is 2.11. The lowest BCUT2D eigenvalue weighted by Gasteiger charge is -2.19. The summed E-state index contributed by atoms with van der Waals surface area (Å²) in [5.74, 6) is 0.0980. The molecule has 0 aliphatic carbocycles. The van der Waals surface area contributed by atoms with Crippen LogP contribution in [0.1, 0.15) is 66.4 Å². The van der Waals surface area contributed by atoms with Crippen molar-refractivity contribution in [1.29, 1.82) is 0 Å². The maximum absolute atomic E-state index is 12.5. The summed E-state index contributed by atoms with van der Waals surface area (Å²) >= 11 is 0. The Labute approximate surface area is 153 Å². The van der Waals surface area contributed by atoms with Gasteiger partial charge in [-0.1, -0.05) is 20.3 Å². The third-order valence-corrected chi connectivity index (χ3v) is 3.15. The van der Waals surface area contributed by atoms with E-state index < -0.39 is 11.7 Å². The number of halogens is 3. The van der Waals surface area contributed by atoms with E-state index in [1.807, 2.05) is 34.6 Å². The van der Waals surface area contributed by atoms with Crippen molar-refractivity contribution in [3.63, 3.8) is 0 Å². The molecule has 150 valence electrons. The van der Waals surface area contributed by atoms with Gasteiger partial charge in [-0.3, -0.25) is 4.79 Å². The molecule has 0 heterocycles. The van der Waals surface area contributed by atoms with E-state index in [0.29, 0.717) is 5.75 Å². The Morgan fingerprint density at radius 1 is 1.19 bits per heavy atom. The molecule has 1 rings (SSSR count). The van der Waals surface area contributed by atoms with Crippen molar-refractivity contribution in [1.82, 2.24) is 0 Å². The van der Waals surface area contributed by atoms with Gasteiger partial charge in [0.2, 0.25) is 0 Å². The van der Waals surface area contributed by atoms with Gasteiger partial charge in [0, 0.05) is 6.92 Å². The van der Waals surface area contributed by atoms with Crippen molar-refractivity contribution < 1.29 is 27.4 Å². The quantitative estimate of drug-likeness (QED) is 0.536. The van der Waals surface area contributed by atoms with Gasteiger partial charge in [0.15, 0.2) is 0 Å². The average Bonchev–Trinajstić information content (AvgIpc) is 2.45. The third kappa shape index (κ3) is 10.2. The van der Waals surface area contributed by atoms with E-state index in [2.05, 4.69) is 0 Å². The van der Waals surface area contributed by atoms with Crippen LogP contribution in [-0.4, -0.2) is 17.7 Å². The van der Waals surface area contributed by atoms with E-state index in [4.69, 9.17) is 15.2 Å². The number of nitrogen functional groups attached to an aromatic ring is 1. The number of hydrogen-bond donors (Lipinski definition) is 1. The summed E-state index contributed by atoms with van der Waals surface area (Å²) in [6, 6.07) is 3.19. The molecule has 4 nitrogen and oxygen atoms in total. The standard InChI is InChI=1S/C13H18F3NO.C6H12O2/c1-3-5-10(4-2)18-12-7-6-9(8-11(12)17)13(14,15)16;1-5(7)8-6(2,3)4/h6-8,10H,3-5,17H2,1-2H3;1-4H3. The second-order valence-electron chi connectivity index (χ2n) is 6.89. The zero-order valence-corrected chi connectivity index (χ0v) is 16.4. The lowest BCUT2D eigenvalue weighted by molar-refractivity contribution is -0.151. The van der Waals surface area contributed by atoms with Gasteiger partial charge < -0.3 is 15.2 Å². The first-order valence-corrected chi connectivity index (χ1v) is 8.63. The van der Waals surface area contributed by atoms with Gasteiger partial charge in [0.05, 0.1) is 17.4 Å². The Morgan fingerprint density at radius 3 is 2.08 bits per heavy atom. The van der Waals surface area contributed by atoms with Crippen LogP contribution in [0.4, 0.5) is 18.9 Å². The molecule has 1 atom stereocenters. The van der Waals surface area contributed by atoms with Gasteiger partial charge in [-0.25, -0.2) is 0 Å². The first-order valence-electron chi connectivity index (χ1n) is 8.63. The van der Waals surface area contributed by atoms with Crippen LogP contribution in [0.5, 0.6) is 5.75 Å². The van der Waals surface area contributed by atoms with E-state index in [9.17, 15) is 18.0 Å². The first kappa shape index (κ1) is 24.1. The Balaban J connectivity index is 0.000000660. The van der Waals surface area contributed by atoms with E-state index in [-0.39, 0.29) is 23.4 Å². The molecule has 1 aromatic rings. The van der Waals surface area contributed by atoms with Crippen LogP contribution in [0, 0.1) is 0 Å². The van der Waals surface area contributed by atoms with Gasteiger partial charge in [0.25, 0.3) is 0 Å². The zero-order chi connectivity index (χ0) is 20.5. The number of ether oxygens (including phenoxy) is 2. The van der Waals surface area contributed by atoms with Crippen LogP contribution >= 0.6 is 0 Å². The van der Waals surface area contributed by atoms with Crippen molar-refractivity contribution in [2.45, 2.75) is 78.7 Å². The molecule has 0 aliphatic rings. The molecule has 7 heteroatoms. The highest BCUT2D eigenvalue weighted by Gasteiger charge is 2.31. The number of hydrogen-bond acceptors (Lipinski definition) is 4. The Kier molecular flexibility index (Phi) is 9.52. The van der Waals surface area contributed by atoms with E-state index in [1.165, 1.54) is 13.0 Å². The van der Waals surface area contributed by atoms with E-state index in [1.54, 1.807) is 0 Å². The second-order valence-corrected chi connectivity index (χ2v) is 6.89. The fraction of sp³-hybridized carbons (Fsp3) is 0.632. The molecule has 2 N–H and O–H groups in total. The maximum Gasteiger partial charge on any atom is 0.416 e. The molecule has 0 amide bonds. The third-order valence-electron chi connectivity index (χ3n) is 3.15. The Morgan fingerprint density at radius 2 is 1.77 bits per heavy atom. The minimum Gasteiger partial charge on any atom is -0.488 e. The number of carbonyl (C=O) groups excluding carboxylic acids is 1. The zero-order valence-electron chi connectivity index (χ0n) is 16.4. The van der Waals surface area contributed by atoms with Crippen LogP contribution < -0.4 is 10.5 Å². The smallest absolute Gasteiger partial charge is 0.416 e. The molecular weight excluding hydrogens is 347 g/mol. The highest BCUT2D eigenvalue weighted by atomic mass is 19.4. The minimum absolute atomic E-state index is 0.00552. The number of rotatable bonds is 5. The number of nitrogens with two attached hydrogens (primary N) is 1. The highest BCUT2D eigenvalue weighted by molar-refractivity contribution is 5.66. The summed E-state index contributed by atoms with van der Waals surface area (Å²) in [6.45, 7) is 10.9. The van der Waals surface area contributed by atoms with Crippen molar-refractivity contribution in [2.24, 2.45) is 0 Å². The number of alkyl halides is 3. The van der Waals surface area contributed by atoms with Crippen molar-refractivity contribution in [3.8, 4) is 5.75 Å². The van der Waals surface area contributed by atoms with Crippen molar-refractivity contribution in [2.75, 3.05) is 5.73 Å². The van der Waals surface area contributed by atoms with Crippen molar-refractivity contribution in [3.05, 3.63) is 23.8 Å². The summed E-state index contributed by atoms with van der Waals surface area (Å²) in [4.78, 5) is 10.2. The number of esters is 1. The predicted molar refractivity (Wildman–Crippen MR) is 97.0 cm³/mol. The van der Waals surface area contributed by atoms with Crippen molar-refractivity contribution >= 4 is 11.7 Å². The average molecular weight is 377 g/mol. The van der Waals surface area contributed by atoms with E-state index >= 15 is 0 Å². The maximum atomic E-state index is 12.5. The van der Waals surface area contributed by atoms with Gasteiger partial charge in [0.1, 0.15) is 11.4 Å². The molecular formula is C19H30F3NO3. The van der Waals surface area contributed by atoms with Crippen LogP contribution in [-0.2, 0) is 15.7 Å². The summed E-state index contributed by atoms with van der Waals surface area (Å²) in [5.41, 5.74) is 4.54. The summed E-state index contributed by atoms with van der Waals surface area (Å²) in [5, 5.41) is 0. The number of benzene rings is 1. The number of anilines is 1. The van der Waals surface area contributed by atoms with Crippen LogP contribution in [0.25, 0.3) is 0 Å². The SMILES string of the molecule is CC(=O)OC(C)(C)C.CCCC(CC)Oc1ccc(C(F)(F)F)cc1N. The first-order chi connectivity index (χ1) is 11.8. The summed E-state index contributed by atoms with van der Waals surface area (Å²) < 4.78 is 47.8. The highest BCUT2D eigenvalue weighted by Crippen LogP contribution is 2.34. The largest absolute Gasteiger partial charge is 0.488 e. The van der Waals surface area contributed by atoms with Crippen LogP contribution in [0.3, 0.4) is 0 Å². The molecule has 0 bridgehead atoms. The lowest BCUT2D eigenvalue weighted by Crippen LogP contribution is -2.21. The molecule has 0 saturated carbocycles. The topological polar surface area (TPSA) is 61.5 Å². The summed E-state index contributed by atoms with van der Waals surface area (Å²) in [7, 11) is 0. The van der Waals surface area contributed by atoms with Gasteiger partial charge in [-0.15, -0.1) is 0 Å². The molecule has 0 fully saturated rings. The molecule has 1 aromatic carbocycles. The molecule has 0 spiro atoms. The van der Waals surface area contributed by atoms with Crippen LogP contribution in [0.2, 0.25) is 0 Å². The predicted octanol–water partition coefficient (Wildman–Crippen LogP) is 5.59. The lowest BCUT2D eigenvalue weighted by atomic mass is 10.1. The fourth-order valence-corrected chi connectivity index (χ4v) is 2.11. The Hall–Kier alpha value is -1.92. The molecule has 0 saturated heterocycles. The molecule has 1 unspecified atom stereocenters.